The third-order valence-electron chi connectivity index (χ3n) is 4.72. The van der Waals surface area contributed by atoms with Gasteiger partial charge < -0.3 is 15.0 Å². The summed E-state index contributed by atoms with van der Waals surface area (Å²) in [6, 6.07) is 20.9. The zero-order valence-corrected chi connectivity index (χ0v) is 16.5. The molecule has 0 bridgehead atoms. The Balaban J connectivity index is 1.63. The zero-order valence-electron chi connectivity index (χ0n) is 15.7. The molecule has 6 heteroatoms. The summed E-state index contributed by atoms with van der Waals surface area (Å²) in [7, 11) is 0. The van der Waals surface area contributed by atoms with E-state index in [0.29, 0.717) is 11.7 Å². The van der Waals surface area contributed by atoms with Crippen molar-refractivity contribution in [3.8, 4) is 0 Å². The average Bonchev–Trinajstić information content (AvgIpc) is 2.73. The summed E-state index contributed by atoms with van der Waals surface area (Å²) in [5.74, 6) is 0. The maximum Gasteiger partial charge on any atom is 0.187 e. The van der Waals surface area contributed by atoms with Crippen molar-refractivity contribution in [2.45, 2.75) is 19.5 Å². The van der Waals surface area contributed by atoms with Crippen molar-refractivity contribution in [1.29, 1.82) is 0 Å². The Hall–Kier alpha value is -2.28. The molecule has 0 saturated carbocycles. The zero-order chi connectivity index (χ0) is 18.9. The van der Waals surface area contributed by atoms with Crippen LogP contribution in [0.15, 0.2) is 65.8 Å². The van der Waals surface area contributed by atoms with Gasteiger partial charge in [-0.1, -0.05) is 60.7 Å². The maximum atomic E-state index is 5.53. The molecule has 2 aromatic carbocycles. The number of morpholine rings is 1. The molecule has 0 unspecified atom stereocenters. The van der Waals surface area contributed by atoms with Crippen LogP contribution < -0.4 is 15.6 Å². The molecule has 27 heavy (non-hydrogen) atoms. The lowest BCUT2D eigenvalue weighted by molar-refractivity contribution is -0.928. The van der Waals surface area contributed by atoms with E-state index in [0.717, 1.165) is 32.0 Å². The third-order valence-corrected chi connectivity index (χ3v) is 4.96. The van der Waals surface area contributed by atoms with Gasteiger partial charge in [0.05, 0.1) is 18.9 Å². The largest absolute Gasteiger partial charge is 0.370 e. The number of rotatable bonds is 6. The first kappa shape index (κ1) is 19.5. The summed E-state index contributed by atoms with van der Waals surface area (Å²) in [5, 5.41) is 8.32. The molecule has 1 aliphatic heterocycles. The topological polar surface area (TPSA) is 50.1 Å². The van der Waals surface area contributed by atoms with E-state index in [4.69, 9.17) is 17.0 Å². The van der Waals surface area contributed by atoms with Gasteiger partial charge in [0.15, 0.2) is 11.2 Å². The van der Waals surface area contributed by atoms with Crippen LogP contribution in [0.5, 0.6) is 0 Å². The van der Waals surface area contributed by atoms with E-state index in [1.165, 1.54) is 16.0 Å². The summed E-state index contributed by atoms with van der Waals surface area (Å²) < 4.78 is 5.53. The summed E-state index contributed by atoms with van der Waals surface area (Å²) in [4.78, 5) is 1.47. The summed E-state index contributed by atoms with van der Waals surface area (Å²) in [6.45, 7) is 6.27. The van der Waals surface area contributed by atoms with E-state index in [2.05, 4.69) is 59.2 Å². The molecule has 5 nitrogen and oxygen atoms in total. The predicted octanol–water partition coefficient (Wildman–Crippen LogP) is 1.68. The second-order valence-corrected chi connectivity index (χ2v) is 7.06. The fourth-order valence-electron chi connectivity index (χ4n) is 3.36. The summed E-state index contributed by atoms with van der Waals surface area (Å²) >= 11 is 5.38. The number of benzene rings is 2. The number of nitrogens with zero attached hydrogens (tertiary/aromatic N) is 1. The second kappa shape index (κ2) is 10.2. The Kier molecular flexibility index (Phi) is 7.33. The van der Waals surface area contributed by atoms with Crippen LogP contribution in [-0.4, -0.2) is 37.1 Å². The van der Waals surface area contributed by atoms with Crippen LogP contribution in [0.3, 0.4) is 0 Å². The van der Waals surface area contributed by atoms with Crippen molar-refractivity contribution in [3.05, 3.63) is 71.8 Å². The van der Waals surface area contributed by atoms with Crippen molar-refractivity contribution < 1.29 is 9.64 Å². The van der Waals surface area contributed by atoms with Crippen LogP contribution in [0.2, 0.25) is 0 Å². The highest BCUT2D eigenvalue weighted by Gasteiger charge is 2.28. The van der Waals surface area contributed by atoms with E-state index in [9.17, 15) is 0 Å². The molecule has 0 aromatic heterocycles. The van der Waals surface area contributed by atoms with Gasteiger partial charge in [-0.15, -0.1) is 0 Å². The van der Waals surface area contributed by atoms with Crippen LogP contribution >= 0.6 is 12.2 Å². The van der Waals surface area contributed by atoms with Crippen molar-refractivity contribution in [1.82, 2.24) is 10.7 Å². The molecule has 0 spiro atoms. The van der Waals surface area contributed by atoms with Crippen LogP contribution in [0.4, 0.5) is 0 Å². The molecule has 0 amide bonds. The van der Waals surface area contributed by atoms with E-state index >= 15 is 0 Å². The molecule has 3 N–H and O–H groups in total. The Bertz CT molecular complexity index is 745. The molecule has 1 saturated heterocycles. The Labute approximate surface area is 166 Å². The fraction of sp³-hybridized carbons (Fsp3) is 0.333. The van der Waals surface area contributed by atoms with Gasteiger partial charge in [-0.25, -0.2) is 0 Å². The number of ether oxygens (including phenoxy) is 1. The molecular weight excluding hydrogens is 356 g/mol. The molecule has 0 aliphatic carbocycles. The highest BCUT2D eigenvalue weighted by Crippen LogP contribution is 2.12. The van der Waals surface area contributed by atoms with Gasteiger partial charge in [-0.3, -0.25) is 5.43 Å². The molecule has 1 atom stereocenters. The number of nitrogens with one attached hydrogen (secondary N) is 3. The van der Waals surface area contributed by atoms with E-state index in [1.807, 2.05) is 24.3 Å². The van der Waals surface area contributed by atoms with Crippen LogP contribution in [0, 0.1) is 0 Å². The monoisotopic (exact) mass is 383 g/mol. The third kappa shape index (κ3) is 5.85. The lowest BCUT2D eigenvalue weighted by Gasteiger charge is -2.31. The molecule has 2 aromatic rings. The van der Waals surface area contributed by atoms with Gasteiger partial charge in [0.2, 0.25) is 0 Å². The fourth-order valence-corrected chi connectivity index (χ4v) is 3.48. The van der Waals surface area contributed by atoms with E-state index < -0.39 is 0 Å². The first-order chi connectivity index (χ1) is 13.2. The van der Waals surface area contributed by atoms with Gasteiger partial charge >= 0.3 is 0 Å². The quantitative estimate of drug-likeness (QED) is 0.404. The van der Waals surface area contributed by atoms with Gasteiger partial charge in [-0.2, -0.15) is 5.10 Å². The van der Waals surface area contributed by atoms with Gasteiger partial charge in [0.25, 0.3) is 0 Å². The van der Waals surface area contributed by atoms with Crippen LogP contribution in [-0.2, 0) is 11.3 Å². The first-order valence-electron chi connectivity index (χ1n) is 9.33. The van der Waals surface area contributed by atoms with Crippen molar-refractivity contribution in [2.75, 3.05) is 26.3 Å². The van der Waals surface area contributed by atoms with Crippen LogP contribution in [0.25, 0.3) is 0 Å². The molecule has 1 aliphatic rings. The minimum Gasteiger partial charge on any atom is -0.370 e. The SMILES string of the molecule is C/C(=N/NC(=S)NCc1ccccc1)[C@@H](c1ccccc1)[NH+]1CCOCC1. The minimum absolute atomic E-state index is 0.194. The standard InChI is InChI=1S/C21H26N4OS/c1-17(23-24-21(27)22-16-18-8-4-2-5-9-18)20(19-10-6-3-7-11-19)25-12-14-26-15-13-25/h2-11,20H,12-16H2,1H3,(H2,22,24,27)/p+1/b23-17-/t20-/m0/s1. The van der Waals surface area contributed by atoms with Gasteiger partial charge in [0, 0.05) is 12.1 Å². The molecule has 1 heterocycles. The second-order valence-electron chi connectivity index (χ2n) is 6.65. The highest BCUT2D eigenvalue weighted by atomic mass is 32.1. The average molecular weight is 384 g/mol. The van der Waals surface area contributed by atoms with Crippen LogP contribution in [0.1, 0.15) is 24.1 Å². The maximum absolute atomic E-state index is 5.53. The summed E-state index contributed by atoms with van der Waals surface area (Å²) in [5.41, 5.74) is 6.47. The highest BCUT2D eigenvalue weighted by molar-refractivity contribution is 7.80. The Morgan fingerprint density at radius 1 is 1.07 bits per heavy atom. The van der Waals surface area contributed by atoms with Gasteiger partial charge in [-0.05, 0) is 24.7 Å². The smallest absolute Gasteiger partial charge is 0.187 e. The number of thiocarbonyl (C=S) groups is 1. The number of hydrazone groups is 1. The Morgan fingerprint density at radius 3 is 2.37 bits per heavy atom. The van der Waals surface area contributed by atoms with Crippen molar-refractivity contribution >= 4 is 23.0 Å². The molecule has 0 radical (unpaired) electrons. The first-order valence-corrected chi connectivity index (χ1v) is 9.74. The molecular formula is C21H27N4OS+. The molecule has 142 valence electrons. The predicted molar refractivity (Wildman–Crippen MR) is 113 cm³/mol. The van der Waals surface area contributed by atoms with E-state index in [-0.39, 0.29) is 6.04 Å². The molecule has 3 rings (SSSR count). The molecule has 1 fully saturated rings. The lowest BCUT2D eigenvalue weighted by Crippen LogP contribution is -3.15. The Morgan fingerprint density at radius 2 is 1.70 bits per heavy atom. The van der Waals surface area contributed by atoms with Crippen molar-refractivity contribution in [3.63, 3.8) is 0 Å². The van der Waals surface area contributed by atoms with Gasteiger partial charge in [0.1, 0.15) is 13.1 Å². The number of hydrogen-bond acceptors (Lipinski definition) is 3. The van der Waals surface area contributed by atoms with E-state index in [1.54, 1.807) is 0 Å². The normalized spacial score (nSPS) is 16.6. The lowest BCUT2D eigenvalue weighted by atomic mass is 10.0. The van der Waals surface area contributed by atoms with Crippen molar-refractivity contribution in [2.24, 2.45) is 5.10 Å². The number of quaternary nitrogens is 1. The summed E-state index contributed by atoms with van der Waals surface area (Å²) in [6.07, 6.45) is 0. The minimum atomic E-state index is 0.194. The number of hydrogen-bond donors (Lipinski definition) is 3.